The van der Waals surface area contributed by atoms with Gasteiger partial charge in [0.1, 0.15) is 0 Å². The van der Waals surface area contributed by atoms with Crippen LogP contribution in [0.5, 0.6) is 0 Å². The topological polar surface area (TPSA) is 32.3 Å². The fourth-order valence-corrected chi connectivity index (χ4v) is 4.96. The second-order valence-electron chi connectivity index (χ2n) is 8.26. The quantitative estimate of drug-likeness (QED) is 0.496. The van der Waals surface area contributed by atoms with Gasteiger partial charge in [-0.15, -0.1) is 6.58 Å². The summed E-state index contributed by atoms with van der Waals surface area (Å²) in [6.45, 7) is 4.22. The molecule has 29 heavy (non-hydrogen) atoms. The van der Waals surface area contributed by atoms with Crippen LogP contribution in [0.15, 0.2) is 65.7 Å². The summed E-state index contributed by atoms with van der Waals surface area (Å²) in [5, 5.41) is 2.99. The van der Waals surface area contributed by atoms with Crippen molar-refractivity contribution in [1.29, 1.82) is 0 Å². The number of nitrogens with one attached hydrogen (secondary N) is 1. The highest BCUT2D eigenvalue weighted by Gasteiger charge is 2.38. The molecule has 1 fully saturated rings. The first-order valence-corrected chi connectivity index (χ1v) is 11.2. The highest BCUT2D eigenvalue weighted by molar-refractivity contribution is 9.10. The standard InChI is InChI=1S/C25H31BrN2O/c1-4-25(28(2)3,21-10-6-5-7-11-21)18-19-13-15-23(16-14-19)27-24(29)20-9-8-12-22(26)17-20/h4,8-9,12-17,21H,1,5-7,10-11,18H2,2-3H3,(H,27,29). The van der Waals surface area contributed by atoms with Crippen molar-refractivity contribution in [2.45, 2.75) is 44.1 Å². The Labute approximate surface area is 183 Å². The maximum Gasteiger partial charge on any atom is 0.255 e. The van der Waals surface area contributed by atoms with Crippen LogP contribution in [0, 0.1) is 5.92 Å². The van der Waals surface area contributed by atoms with Crippen LogP contribution in [0.3, 0.4) is 0 Å². The molecule has 1 atom stereocenters. The number of carbonyl (C=O) groups is 1. The van der Waals surface area contributed by atoms with E-state index in [4.69, 9.17) is 0 Å². The molecule has 1 N–H and O–H groups in total. The van der Waals surface area contributed by atoms with Crippen LogP contribution in [0.2, 0.25) is 0 Å². The third kappa shape index (κ3) is 5.18. The molecule has 0 heterocycles. The number of rotatable bonds is 7. The first kappa shape index (κ1) is 21.8. The van der Waals surface area contributed by atoms with Crippen LogP contribution in [0.1, 0.15) is 48.0 Å². The molecule has 4 heteroatoms. The Morgan fingerprint density at radius 3 is 2.45 bits per heavy atom. The highest BCUT2D eigenvalue weighted by atomic mass is 79.9. The number of likely N-dealkylation sites (N-methyl/N-ethyl adjacent to an activating group) is 1. The Morgan fingerprint density at radius 1 is 1.17 bits per heavy atom. The SMILES string of the molecule is C=CC(Cc1ccc(NC(=O)c2cccc(Br)c2)cc1)(C1CCCCC1)N(C)C. The third-order valence-corrected chi connectivity index (χ3v) is 6.78. The molecule has 3 rings (SSSR count). The Kier molecular flexibility index (Phi) is 7.31. The van der Waals surface area contributed by atoms with Crippen molar-refractivity contribution in [3.8, 4) is 0 Å². The first-order chi connectivity index (χ1) is 13.9. The molecule has 0 saturated heterocycles. The van der Waals surface area contributed by atoms with Crippen molar-refractivity contribution in [3.63, 3.8) is 0 Å². The predicted octanol–water partition coefficient (Wildman–Crippen LogP) is 6.31. The van der Waals surface area contributed by atoms with Crippen LogP contribution in [0.4, 0.5) is 5.69 Å². The van der Waals surface area contributed by atoms with E-state index in [9.17, 15) is 4.79 Å². The molecule has 2 aromatic rings. The van der Waals surface area contributed by atoms with Crippen molar-refractivity contribution in [2.75, 3.05) is 19.4 Å². The average molecular weight is 455 g/mol. The van der Waals surface area contributed by atoms with Crippen molar-refractivity contribution in [3.05, 3.63) is 76.8 Å². The van der Waals surface area contributed by atoms with Gasteiger partial charge in [0.25, 0.3) is 5.91 Å². The van der Waals surface area contributed by atoms with Gasteiger partial charge in [-0.2, -0.15) is 0 Å². The Morgan fingerprint density at radius 2 is 1.86 bits per heavy atom. The Balaban J connectivity index is 1.72. The number of nitrogens with zero attached hydrogens (tertiary/aromatic N) is 1. The van der Waals surface area contributed by atoms with Crippen LogP contribution in [-0.2, 0) is 6.42 Å². The molecule has 1 aliphatic carbocycles. The summed E-state index contributed by atoms with van der Waals surface area (Å²) in [7, 11) is 4.34. The van der Waals surface area contributed by atoms with Crippen molar-refractivity contribution in [2.24, 2.45) is 5.92 Å². The summed E-state index contributed by atoms with van der Waals surface area (Å²) >= 11 is 3.41. The van der Waals surface area contributed by atoms with Gasteiger partial charge >= 0.3 is 0 Å². The van der Waals surface area contributed by atoms with Crippen LogP contribution in [-0.4, -0.2) is 30.4 Å². The summed E-state index contributed by atoms with van der Waals surface area (Å²) in [5.74, 6) is 0.537. The smallest absolute Gasteiger partial charge is 0.255 e. The number of anilines is 1. The van der Waals surface area contributed by atoms with Crippen molar-refractivity contribution < 1.29 is 4.79 Å². The van der Waals surface area contributed by atoms with E-state index in [-0.39, 0.29) is 11.4 Å². The number of amides is 1. The normalized spacial score (nSPS) is 17.0. The molecule has 0 radical (unpaired) electrons. The van der Waals surface area contributed by atoms with Gasteiger partial charge in [-0.1, -0.05) is 59.5 Å². The molecule has 154 valence electrons. The predicted molar refractivity (Wildman–Crippen MR) is 125 cm³/mol. The number of benzene rings is 2. The maximum atomic E-state index is 12.5. The zero-order chi connectivity index (χ0) is 20.9. The lowest BCUT2D eigenvalue weighted by Gasteiger charge is -2.46. The average Bonchev–Trinajstić information content (AvgIpc) is 2.73. The first-order valence-electron chi connectivity index (χ1n) is 10.4. The largest absolute Gasteiger partial charge is 0.322 e. The number of halogens is 1. The maximum absolute atomic E-state index is 12.5. The summed E-state index contributed by atoms with van der Waals surface area (Å²) in [4.78, 5) is 14.8. The van der Waals surface area contributed by atoms with E-state index in [1.165, 1.54) is 37.7 Å². The minimum atomic E-state index is -0.102. The lowest BCUT2D eigenvalue weighted by atomic mass is 9.71. The molecule has 0 aromatic heterocycles. The minimum absolute atomic E-state index is 0.0263. The van der Waals surface area contributed by atoms with Crippen molar-refractivity contribution >= 4 is 27.5 Å². The van der Waals surface area contributed by atoms with Crippen LogP contribution >= 0.6 is 15.9 Å². The second kappa shape index (κ2) is 9.73. The van der Waals surface area contributed by atoms with E-state index in [2.05, 4.69) is 65.0 Å². The molecular formula is C25H31BrN2O. The lowest BCUT2D eigenvalue weighted by molar-refractivity contribution is 0.0987. The van der Waals surface area contributed by atoms with E-state index in [0.717, 1.165) is 16.6 Å². The van der Waals surface area contributed by atoms with Gasteiger partial charge in [-0.25, -0.2) is 0 Å². The number of carbonyl (C=O) groups excluding carboxylic acids is 1. The van der Waals surface area contributed by atoms with Gasteiger partial charge in [0.05, 0.1) is 0 Å². The van der Waals surface area contributed by atoms with Gasteiger partial charge in [-0.05, 0) is 75.2 Å². The molecule has 0 aliphatic heterocycles. The summed E-state index contributed by atoms with van der Waals surface area (Å²) in [6, 6.07) is 15.7. The zero-order valence-electron chi connectivity index (χ0n) is 17.5. The number of hydrogen-bond acceptors (Lipinski definition) is 2. The van der Waals surface area contributed by atoms with Gasteiger partial charge in [0, 0.05) is 21.3 Å². The second-order valence-corrected chi connectivity index (χ2v) is 9.18. The van der Waals surface area contributed by atoms with E-state index in [1.54, 1.807) is 0 Å². The summed E-state index contributed by atoms with van der Waals surface area (Å²) < 4.78 is 0.896. The van der Waals surface area contributed by atoms with Crippen molar-refractivity contribution in [1.82, 2.24) is 4.90 Å². The fourth-order valence-electron chi connectivity index (χ4n) is 4.56. The zero-order valence-corrected chi connectivity index (χ0v) is 19.0. The van der Waals surface area contributed by atoms with Crippen LogP contribution < -0.4 is 5.32 Å². The molecule has 1 aliphatic rings. The monoisotopic (exact) mass is 454 g/mol. The van der Waals surface area contributed by atoms with Crippen LogP contribution in [0.25, 0.3) is 0 Å². The fraction of sp³-hybridized carbons (Fsp3) is 0.400. The van der Waals surface area contributed by atoms with Gasteiger partial charge in [-0.3, -0.25) is 9.69 Å². The highest BCUT2D eigenvalue weighted by Crippen LogP contribution is 2.38. The molecule has 0 bridgehead atoms. The molecule has 2 aromatic carbocycles. The molecular weight excluding hydrogens is 424 g/mol. The molecule has 1 saturated carbocycles. The van der Waals surface area contributed by atoms with Gasteiger partial charge in [0.15, 0.2) is 0 Å². The molecule has 3 nitrogen and oxygen atoms in total. The van der Waals surface area contributed by atoms with E-state index < -0.39 is 0 Å². The minimum Gasteiger partial charge on any atom is -0.322 e. The van der Waals surface area contributed by atoms with Gasteiger partial charge < -0.3 is 5.32 Å². The van der Waals surface area contributed by atoms with E-state index in [1.807, 2.05) is 36.4 Å². The molecule has 1 amide bonds. The molecule has 0 spiro atoms. The van der Waals surface area contributed by atoms with E-state index >= 15 is 0 Å². The van der Waals surface area contributed by atoms with E-state index in [0.29, 0.717) is 11.5 Å². The summed E-state index contributed by atoms with van der Waals surface area (Å²) in [5.41, 5.74) is 2.69. The third-order valence-electron chi connectivity index (χ3n) is 6.28. The number of hydrogen-bond donors (Lipinski definition) is 1. The Hall–Kier alpha value is -1.91. The lowest BCUT2D eigenvalue weighted by Crippen LogP contribution is -2.51. The van der Waals surface area contributed by atoms with Gasteiger partial charge in [0.2, 0.25) is 0 Å². The summed E-state index contributed by atoms with van der Waals surface area (Å²) in [6.07, 6.45) is 9.61. The Bertz CT molecular complexity index is 840. The molecule has 1 unspecified atom stereocenters.